The standard InChI is InChI=1S/C25H29N5O2/c1-18(2)23-27-20-8-3-4-9-21(20)30(23)16-22(31)29-14-11-25(17-29)10-13-28(24(25)32)15-19-7-5-6-12-26-19/h3-9,12,18H,10-11,13-17H2,1-2H3. The van der Waals surface area contributed by atoms with Gasteiger partial charge >= 0.3 is 0 Å². The lowest BCUT2D eigenvalue weighted by atomic mass is 9.85. The largest absolute Gasteiger partial charge is 0.340 e. The molecule has 0 radical (unpaired) electrons. The topological polar surface area (TPSA) is 71.3 Å². The predicted octanol–water partition coefficient (Wildman–Crippen LogP) is 3.21. The van der Waals surface area contributed by atoms with Crippen molar-refractivity contribution in [2.75, 3.05) is 19.6 Å². The summed E-state index contributed by atoms with van der Waals surface area (Å²) in [6, 6.07) is 13.7. The number of aromatic nitrogens is 3. The fourth-order valence-electron chi connectivity index (χ4n) is 5.13. The number of imidazole rings is 1. The van der Waals surface area contributed by atoms with Crippen LogP contribution in [0.1, 0.15) is 44.1 Å². The van der Waals surface area contributed by atoms with Crippen molar-refractivity contribution >= 4 is 22.8 Å². The molecule has 0 bridgehead atoms. The molecule has 0 aliphatic carbocycles. The van der Waals surface area contributed by atoms with Crippen LogP contribution < -0.4 is 0 Å². The Balaban J connectivity index is 1.30. The lowest BCUT2D eigenvalue weighted by molar-refractivity contribution is -0.137. The lowest BCUT2D eigenvalue weighted by Gasteiger charge is -2.24. The van der Waals surface area contributed by atoms with Crippen molar-refractivity contribution < 1.29 is 9.59 Å². The van der Waals surface area contributed by atoms with Gasteiger partial charge in [0.15, 0.2) is 0 Å². The third kappa shape index (κ3) is 3.55. The predicted molar refractivity (Wildman–Crippen MR) is 122 cm³/mol. The summed E-state index contributed by atoms with van der Waals surface area (Å²) in [6.07, 6.45) is 3.29. The summed E-state index contributed by atoms with van der Waals surface area (Å²) in [7, 11) is 0. The molecule has 7 nitrogen and oxygen atoms in total. The molecule has 2 amide bonds. The number of carbonyl (C=O) groups is 2. The number of nitrogens with zero attached hydrogens (tertiary/aromatic N) is 5. The quantitative estimate of drug-likeness (QED) is 0.622. The van der Waals surface area contributed by atoms with E-state index in [1.165, 1.54) is 0 Å². The summed E-state index contributed by atoms with van der Waals surface area (Å²) in [4.78, 5) is 39.5. The molecule has 1 spiro atoms. The van der Waals surface area contributed by atoms with Crippen LogP contribution in [0.2, 0.25) is 0 Å². The minimum atomic E-state index is -0.442. The Bertz CT molecular complexity index is 1160. The van der Waals surface area contributed by atoms with Crippen molar-refractivity contribution in [1.82, 2.24) is 24.3 Å². The van der Waals surface area contributed by atoms with E-state index in [1.54, 1.807) is 6.20 Å². The third-order valence-electron chi connectivity index (χ3n) is 6.88. The second kappa shape index (κ2) is 8.04. The zero-order valence-corrected chi connectivity index (χ0v) is 18.7. The van der Waals surface area contributed by atoms with Crippen molar-refractivity contribution in [2.45, 2.75) is 45.7 Å². The summed E-state index contributed by atoms with van der Waals surface area (Å²) >= 11 is 0. The molecule has 0 saturated carbocycles. The van der Waals surface area contributed by atoms with Crippen LogP contribution in [-0.2, 0) is 22.7 Å². The Morgan fingerprint density at radius 3 is 2.66 bits per heavy atom. The second-order valence-electron chi connectivity index (χ2n) is 9.34. The van der Waals surface area contributed by atoms with E-state index in [4.69, 9.17) is 4.98 Å². The highest BCUT2D eigenvalue weighted by Gasteiger charge is 2.51. The van der Waals surface area contributed by atoms with E-state index in [1.807, 2.05) is 56.8 Å². The van der Waals surface area contributed by atoms with Gasteiger partial charge in [0.2, 0.25) is 11.8 Å². The number of amides is 2. The van der Waals surface area contributed by atoms with Crippen LogP contribution in [-0.4, -0.2) is 55.8 Å². The summed E-state index contributed by atoms with van der Waals surface area (Å²) in [5.41, 5.74) is 2.36. The van der Waals surface area contributed by atoms with Gasteiger partial charge in [-0.3, -0.25) is 14.6 Å². The molecule has 2 aliphatic heterocycles. The molecule has 2 saturated heterocycles. The fraction of sp³-hybridized carbons (Fsp3) is 0.440. The molecule has 4 heterocycles. The monoisotopic (exact) mass is 431 g/mol. The van der Waals surface area contributed by atoms with Crippen LogP contribution in [0.5, 0.6) is 0 Å². The minimum absolute atomic E-state index is 0.0582. The van der Waals surface area contributed by atoms with Gasteiger partial charge in [0.05, 0.1) is 28.7 Å². The SMILES string of the molecule is CC(C)c1nc2ccccc2n1CC(=O)N1CCC2(CCN(Cc3ccccn3)C2=O)C1. The van der Waals surface area contributed by atoms with Gasteiger partial charge in [-0.2, -0.15) is 0 Å². The van der Waals surface area contributed by atoms with Crippen LogP contribution in [0.15, 0.2) is 48.7 Å². The first kappa shape index (κ1) is 20.7. The molecule has 2 aromatic heterocycles. The Labute approximate surface area is 188 Å². The van der Waals surface area contributed by atoms with E-state index < -0.39 is 5.41 Å². The van der Waals surface area contributed by atoms with Gasteiger partial charge in [-0.15, -0.1) is 0 Å². The zero-order chi connectivity index (χ0) is 22.3. The molecule has 7 heteroatoms. The van der Waals surface area contributed by atoms with Gasteiger partial charge in [-0.1, -0.05) is 32.0 Å². The van der Waals surface area contributed by atoms with E-state index in [9.17, 15) is 9.59 Å². The van der Waals surface area contributed by atoms with Crippen molar-refractivity contribution in [1.29, 1.82) is 0 Å². The summed E-state index contributed by atoms with van der Waals surface area (Å²) in [5, 5.41) is 0. The average Bonchev–Trinajstić information content (AvgIpc) is 3.48. The Morgan fingerprint density at radius 1 is 1.09 bits per heavy atom. The number of pyridine rings is 1. The molecular weight excluding hydrogens is 402 g/mol. The highest BCUT2D eigenvalue weighted by atomic mass is 16.2. The molecule has 1 atom stereocenters. The fourth-order valence-corrected chi connectivity index (χ4v) is 5.13. The molecule has 1 unspecified atom stereocenters. The number of carbonyl (C=O) groups excluding carboxylic acids is 2. The zero-order valence-electron chi connectivity index (χ0n) is 18.7. The number of hydrogen-bond donors (Lipinski definition) is 0. The molecule has 166 valence electrons. The maximum absolute atomic E-state index is 13.3. The minimum Gasteiger partial charge on any atom is -0.340 e. The van der Waals surface area contributed by atoms with Crippen molar-refractivity contribution in [3.8, 4) is 0 Å². The Morgan fingerprint density at radius 2 is 1.88 bits per heavy atom. The lowest BCUT2D eigenvalue weighted by Crippen LogP contribution is -2.39. The summed E-state index contributed by atoms with van der Waals surface area (Å²) in [6.45, 7) is 6.85. The number of fused-ring (bicyclic) bond motifs is 1. The van der Waals surface area contributed by atoms with Crippen LogP contribution in [0, 0.1) is 5.41 Å². The van der Waals surface area contributed by atoms with E-state index in [-0.39, 0.29) is 24.3 Å². The maximum Gasteiger partial charge on any atom is 0.242 e. The normalized spacial score (nSPS) is 20.9. The van der Waals surface area contributed by atoms with Gasteiger partial charge in [-0.05, 0) is 37.1 Å². The number of benzene rings is 1. The number of hydrogen-bond acceptors (Lipinski definition) is 4. The molecular formula is C25H29N5O2. The van der Waals surface area contributed by atoms with Crippen LogP contribution in [0.3, 0.4) is 0 Å². The Kier molecular flexibility index (Phi) is 5.19. The van der Waals surface area contributed by atoms with E-state index in [0.717, 1.165) is 41.9 Å². The number of para-hydroxylation sites is 2. The third-order valence-corrected chi connectivity index (χ3v) is 6.88. The van der Waals surface area contributed by atoms with Crippen molar-refractivity contribution in [3.05, 3.63) is 60.2 Å². The second-order valence-corrected chi connectivity index (χ2v) is 9.34. The molecule has 2 fully saturated rings. The van der Waals surface area contributed by atoms with Gasteiger partial charge in [0, 0.05) is 31.7 Å². The van der Waals surface area contributed by atoms with Gasteiger partial charge < -0.3 is 14.4 Å². The average molecular weight is 432 g/mol. The van der Waals surface area contributed by atoms with Crippen LogP contribution >= 0.6 is 0 Å². The van der Waals surface area contributed by atoms with E-state index in [0.29, 0.717) is 19.6 Å². The smallest absolute Gasteiger partial charge is 0.242 e. The molecule has 5 rings (SSSR count). The Hall–Kier alpha value is -3.22. The molecule has 0 N–H and O–H groups in total. The number of likely N-dealkylation sites (tertiary alicyclic amines) is 2. The van der Waals surface area contributed by atoms with Gasteiger partial charge in [0.25, 0.3) is 0 Å². The van der Waals surface area contributed by atoms with Crippen LogP contribution in [0.4, 0.5) is 0 Å². The van der Waals surface area contributed by atoms with Gasteiger partial charge in [0.1, 0.15) is 12.4 Å². The molecule has 2 aliphatic rings. The first-order valence-corrected chi connectivity index (χ1v) is 11.4. The highest BCUT2D eigenvalue weighted by Crippen LogP contribution is 2.41. The van der Waals surface area contributed by atoms with Gasteiger partial charge in [-0.25, -0.2) is 4.98 Å². The van der Waals surface area contributed by atoms with Crippen LogP contribution in [0.25, 0.3) is 11.0 Å². The summed E-state index contributed by atoms with van der Waals surface area (Å²) < 4.78 is 2.04. The summed E-state index contributed by atoms with van der Waals surface area (Å²) in [5.74, 6) is 1.36. The highest BCUT2D eigenvalue weighted by molar-refractivity contribution is 5.87. The first-order chi connectivity index (χ1) is 15.5. The number of rotatable bonds is 5. The molecule has 1 aromatic carbocycles. The van der Waals surface area contributed by atoms with Crippen molar-refractivity contribution in [3.63, 3.8) is 0 Å². The first-order valence-electron chi connectivity index (χ1n) is 11.4. The molecule has 3 aromatic rings. The van der Waals surface area contributed by atoms with E-state index >= 15 is 0 Å². The van der Waals surface area contributed by atoms with Crippen molar-refractivity contribution in [2.24, 2.45) is 5.41 Å². The molecule has 32 heavy (non-hydrogen) atoms. The van der Waals surface area contributed by atoms with E-state index in [2.05, 4.69) is 18.8 Å². The maximum atomic E-state index is 13.3.